The van der Waals surface area contributed by atoms with E-state index in [-0.39, 0.29) is 5.73 Å². The summed E-state index contributed by atoms with van der Waals surface area (Å²) in [5, 5.41) is 9.30. The Hall–Kier alpha value is -0.153. The highest BCUT2D eigenvalue weighted by atomic mass is 28.3. The van der Waals surface area contributed by atoms with Crippen molar-refractivity contribution in [3.63, 3.8) is 0 Å². The Balaban J connectivity index is 3.88. The lowest BCUT2D eigenvalue weighted by molar-refractivity contribution is 0.312. The molecule has 0 aliphatic heterocycles. The summed E-state index contributed by atoms with van der Waals surface area (Å²) in [5.74, 6) is 0. The van der Waals surface area contributed by atoms with Gasteiger partial charge in [0.25, 0.3) is 0 Å². The highest BCUT2D eigenvalue weighted by Gasteiger charge is 2.21. The summed E-state index contributed by atoms with van der Waals surface area (Å²) in [4.78, 5) is 3.76. The molecule has 0 aliphatic rings. The summed E-state index contributed by atoms with van der Waals surface area (Å²) in [6.07, 6.45) is 1.62. The van der Waals surface area contributed by atoms with Gasteiger partial charge in [0.2, 0.25) is 0 Å². The van der Waals surface area contributed by atoms with Gasteiger partial charge in [-0.1, -0.05) is 19.6 Å². The molecule has 0 amide bonds. The zero-order valence-corrected chi connectivity index (χ0v) is 7.55. The van der Waals surface area contributed by atoms with E-state index < -0.39 is 8.07 Å². The maximum Gasteiger partial charge on any atom is 0.0850 e. The molecule has 3 heteroatoms. The second-order valence-corrected chi connectivity index (χ2v) is 8.54. The molecule has 54 valence electrons. The van der Waals surface area contributed by atoms with E-state index in [0.717, 1.165) is 0 Å². The van der Waals surface area contributed by atoms with Crippen molar-refractivity contribution in [1.82, 2.24) is 0 Å². The molecule has 0 radical (unpaired) electrons. The normalized spacial score (nSPS) is 16.6. The summed E-state index contributed by atoms with van der Waals surface area (Å²) in [7, 11) is 0.309. The third-order valence-corrected chi connectivity index (χ3v) is 3.10. The van der Waals surface area contributed by atoms with E-state index >= 15 is 0 Å². The van der Waals surface area contributed by atoms with E-state index in [2.05, 4.69) is 24.6 Å². The van der Waals surface area contributed by atoms with Gasteiger partial charge in [-0.15, -0.1) is 0 Å². The van der Waals surface area contributed by atoms with Crippen LogP contribution in [0.25, 0.3) is 0 Å². The second kappa shape index (κ2) is 3.13. The zero-order valence-electron chi connectivity index (χ0n) is 6.55. The Bertz CT molecular complexity index is 106. The molecular weight excluding hydrogens is 130 g/mol. The van der Waals surface area contributed by atoms with Crippen LogP contribution < -0.4 is 0 Å². The Morgan fingerprint density at radius 3 is 2.00 bits per heavy atom. The van der Waals surface area contributed by atoms with Gasteiger partial charge in [-0.3, -0.25) is 4.99 Å². The molecule has 0 heterocycles. The fourth-order valence-electron chi connectivity index (χ4n) is 0.365. The fourth-order valence-corrected chi connectivity index (χ4v) is 0.961. The summed E-state index contributed by atoms with van der Waals surface area (Å²) >= 11 is 0. The molecule has 0 aliphatic carbocycles. The first-order valence-corrected chi connectivity index (χ1v) is 6.66. The van der Waals surface area contributed by atoms with Gasteiger partial charge >= 0.3 is 0 Å². The van der Waals surface area contributed by atoms with Crippen molar-refractivity contribution in [2.45, 2.75) is 25.4 Å². The van der Waals surface area contributed by atoms with Gasteiger partial charge in [-0.2, -0.15) is 0 Å². The van der Waals surface area contributed by atoms with Crippen LogP contribution in [0.1, 0.15) is 0 Å². The van der Waals surface area contributed by atoms with E-state index in [1.807, 2.05) is 0 Å². The van der Waals surface area contributed by atoms with Crippen LogP contribution in [0.4, 0.5) is 0 Å². The van der Waals surface area contributed by atoms with Gasteiger partial charge in [-0.05, 0) is 0 Å². The van der Waals surface area contributed by atoms with Crippen molar-refractivity contribution >= 4 is 14.3 Å². The maximum absolute atomic E-state index is 9.30. The van der Waals surface area contributed by atoms with Crippen molar-refractivity contribution in [3.05, 3.63) is 0 Å². The highest BCUT2D eigenvalue weighted by Crippen LogP contribution is 2.04. The summed E-state index contributed by atoms with van der Waals surface area (Å²) in [6.45, 7) is 6.33. The first kappa shape index (κ1) is 8.85. The van der Waals surface area contributed by atoms with Crippen molar-refractivity contribution in [1.29, 1.82) is 0 Å². The molecule has 0 fully saturated rings. The molecule has 0 saturated heterocycles. The minimum atomic E-state index is -1.38. The van der Waals surface area contributed by atoms with Crippen LogP contribution in [0.2, 0.25) is 19.6 Å². The first-order chi connectivity index (χ1) is 3.98. The molecule has 0 aromatic rings. The standard InChI is InChI=1S/C6H15NOSi/c1-7-5-6(8)9(2,3)4/h5-6,8H,1-4H3. The Morgan fingerprint density at radius 1 is 1.44 bits per heavy atom. The number of aliphatic imine (C=N–C) groups is 1. The Labute approximate surface area is 57.6 Å². The third kappa shape index (κ3) is 3.43. The topological polar surface area (TPSA) is 32.6 Å². The zero-order chi connectivity index (χ0) is 7.49. The SMILES string of the molecule is CN=CC(O)[Si](C)(C)C. The van der Waals surface area contributed by atoms with Crippen LogP contribution in [-0.2, 0) is 0 Å². The van der Waals surface area contributed by atoms with Gasteiger partial charge in [0.15, 0.2) is 0 Å². The lowest BCUT2D eigenvalue weighted by Crippen LogP contribution is -2.39. The molecule has 0 aromatic heterocycles. The summed E-state index contributed by atoms with van der Waals surface area (Å²) in [6, 6.07) is 0. The van der Waals surface area contributed by atoms with Gasteiger partial charge < -0.3 is 5.11 Å². The Morgan fingerprint density at radius 2 is 1.89 bits per heavy atom. The number of nitrogens with zero attached hydrogens (tertiary/aromatic N) is 1. The number of aliphatic hydroxyl groups excluding tert-OH is 1. The van der Waals surface area contributed by atoms with Crippen molar-refractivity contribution in [2.75, 3.05) is 7.05 Å². The van der Waals surface area contributed by atoms with Crippen LogP contribution in [0.5, 0.6) is 0 Å². The minimum absolute atomic E-state index is 0.289. The van der Waals surface area contributed by atoms with E-state index in [9.17, 15) is 5.11 Å². The Kier molecular flexibility index (Phi) is 3.07. The minimum Gasteiger partial charge on any atom is -0.391 e. The molecule has 0 bridgehead atoms. The molecule has 9 heavy (non-hydrogen) atoms. The van der Waals surface area contributed by atoms with Gasteiger partial charge in [0.05, 0.1) is 13.8 Å². The van der Waals surface area contributed by atoms with Gasteiger partial charge in [-0.25, -0.2) is 0 Å². The largest absolute Gasteiger partial charge is 0.391 e. The molecule has 1 atom stereocenters. The lowest BCUT2D eigenvalue weighted by atomic mass is 10.8. The van der Waals surface area contributed by atoms with Crippen molar-refractivity contribution in [2.24, 2.45) is 4.99 Å². The predicted molar refractivity (Wildman–Crippen MR) is 43.8 cm³/mol. The van der Waals surface area contributed by atoms with Gasteiger partial charge in [0.1, 0.15) is 0 Å². The molecule has 0 saturated carbocycles. The van der Waals surface area contributed by atoms with Crippen LogP contribution in [-0.4, -0.2) is 32.2 Å². The first-order valence-electron chi connectivity index (χ1n) is 3.09. The van der Waals surface area contributed by atoms with Crippen LogP contribution in [0.15, 0.2) is 4.99 Å². The molecule has 0 rings (SSSR count). The highest BCUT2D eigenvalue weighted by molar-refractivity contribution is 6.79. The third-order valence-electron chi connectivity index (χ3n) is 1.18. The van der Waals surface area contributed by atoms with E-state index in [4.69, 9.17) is 0 Å². The smallest absolute Gasteiger partial charge is 0.0850 e. The van der Waals surface area contributed by atoms with Gasteiger partial charge in [0, 0.05) is 13.3 Å². The van der Waals surface area contributed by atoms with Crippen LogP contribution in [0.3, 0.4) is 0 Å². The van der Waals surface area contributed by atoms with Crippen molar-refractivity contribution in [3.8, 4) is 0 Å². The average Bonchev–Trinajstić information content (AvgIpc) is 1.64. The van der Waals surface area contributed by atoms with Crippen LogP contribution in [0, 0.1) is 0 Å². The lowest BCUT2D eigenvalue weighted by Gasteiger charge is -2.18. The summed E-state index contributed by atoms with van der Waals surface area (Å²) in [5.41, 5.74) is -0.289. The summed E-state index contributed by atoms with van der Waals surface area (Å²) < 4.78 is 0. The molecule has 0 aromatic carbocycles. The molecule has 1 unspecified atom stereocenters. The van der Waals surface area contributed by atoms with E-state index in [1.165, 1.54) is 0 Å². The van der Waals surface area contributed by atoms with E-state index in [1.54, 1.807) is 13.3 Å². The monoisotopic (exact) mass is 145 g/mol. The second-order valence-electron chi connectivity index (χ2n) is 3.22. The number of hydrogen-bond acceptors (Lipinski definition) is 2. The van der Waals surface area contributed by atoms with Crippen LogP contribution >= 0.6 is 0 Å². The maximum atomic E-state index is 9.30. The quantitative estimate of drug-likeness (QED) is 0.455. The number of rotatable bonds is 2. The molecule has 2 nitrogen and oxygen atoms in total. The fraction of sp³-hybridized carbons (Fsp3) is 0.833. The average molecular weight is 145 g/mol. The van der Waals surface area contributed by atoms with E-state index in [0.29, 0.717) is 0 Å². The number of hydrogen-bond donors (Lipinski definition) is 1. The predicted octanol–water partition coefficient (Wildman–Crippen LogP) is 0.925. The number of aliphatic hydroxyl groups is 1. The molecule has 0 spiro atoms. The molecule has 1 N–H and O–H groups in total. The molecular formula is C6H15NOSi. The van der Waals surface area contributed by atoms with Crippen molar-refractivity contribution < 1.29 is 5.11 Å².